The van der Waals surface area contributed by atoms with Crippen LogP contribution >= 0.6 is 0 Å². The van der Waals surface area contributed by atoms with Crippen molar-refractivity contribution < 1.29 is 4.79 Å². The summed E-state index contributed by atoms with van der Waals surface area (Å²) in [6.07, 6.45) is 5.57. The third-order valence-electron chi connectivity index (χ3n) is 3.83. The number of fused-ring (bicyclic) bond motifs is 2. The summed E-state index contributed by atoms with van der Waals surface area (Å²) in [5, 5.41) is 2.97. The largest absolute Gasteiger partial charge is 0.326 e. The van der Waals surface area contributed by atoms with Crippen molar-refractivity contribution in [3.8, 4) is 0 Å². The SMILES string of the molecule is O=C1CC2(CCCC2)c2ccccc2N1. The Labute approximate surface area is 89.7 Å². The van der Waals surface area contributed by atoms with Gasteiger partial charge in [-0.25, -0.2) is 0 Å². The van der Waals surface area contributed by atoms with Crippen LogP contribution in [0.5, 0.6) is 0 Å². The van der Waals surface area contributed by atoms with Gasteiger partial charge in [-0.2, -0.15) is 0 Å². The van der Waals surface area contributed by atoms with Crippen LogP contribution in [0.4, 0.5) is 5.69 Å². The number of carbonyl (C=O) groups is 1. The average molecular weight is 201 g/mol. The number of carbonyl (C=O) groups excluding carboxylic acids is 1. The van der Waals surface area contributed by atoms with Crippen molar-refractivity contribution in [1.82, 2.24) is 0 Å². The maximum Gasteiger partial charge on any atom is 0.225 e. The molecular weight excluding hydrogens is 186 g/mol. The minimum absolute atomic E-state index is 0.166. The first-order valence-electron chi connectivity index (χ1n) is 5.70. The molecule has 3 rings (SSSR count). The summed E-state index contributed by atoms with van der Waals surface area (Å²) in [6.45, 7) is 0. The predicted octanol–water partition coefficient (Wildman–Crippen LogP) is 2.84. The van der Waals surface area contributed by atoms with Gasteiger partial charge in [-0.3, -0.25) is 4.79 Å². The monoisotopic (exact) mass is 201 g/mol. The standard InChI is InChI=1S/C13H15NO/c15-12-9-13(7-3-4-8-13)10-5-1-2-6-11(10)14-12/h1-2,5-6H,3-4,7-9H2,(H,14,15). The van der Waals surface area contributed by atoms with Crippen LogP contribution in [0.25, 0.3) is 0 Å². The van der Waals surface area contributed by atoms with Crippen molar-refractivity contribution in [2.24, 2.45) is 0 Å². The summed E-state index contributed by atoms with van der Waals surface area (Å²) in [5.41, 5.74) is 2.57. The molecule has 1 heterocycles. The fourth-order valence-corrected chi connectivity index (χ4v) is 3.15. The molecule has 1 fully saturated rings. The van der Waals surface area contributed by atoms with Crippen LogP contribution in [0.15, 0.2) is 24.3 Å². The zero-order valence-corrected chi connectivity index (χ0v) is 8.75. The molecule has 0 bridgehead atoms. The molecule has 0 aromatic heterocycles. The summed E-state index contributed by atoms with van der Waals surface area (Å²) in [6, 6.07) is 8.27. The van der Waals surface area contributed by atoms with Gasteiger partial charge in [-0.05, 0) is 24.5 Å². The quantitative estimate of drug-likeness (QED) is 0.687. The number of benzene rings is 1. The number of amides is 1. The highest BCUT2D eigenvalue weighted by Gasteiger charge is 2.41. The molecule has 1 N–H and O–H groups in total. The molecule has 1 aromatic rings. The van der Waals surface area contributed by atoms with Crippen LogP contribution in [0, 0.1) is 0 Å². The molecule has 15 heavy (non-hydrogen) atoms. The molecule has 1 aliphatic heterocycles. The normalized spacial score (nSPS) is 22.5. The summed E-state index contributed by atoms with van der Waals surface area (Å²) in [4.78, 5) is 11.7. The van der Waals surface area contributed by atoms with Crippen molar-refractivity contribution in [3.63, 3.8) is 0 Å². The van der Waals surface area contributed by atoms with Gasteiger partial charge in [-0.1, -0.05) is 31.0 Å². The zero-order chi connectivity index (χ0) is 10.3. The summed E-state index contributed by atoms with van der Waals surface area (Å²) in [5.74, 6) is 0.190. The van der Waals surface area contributed by atoms with Crippen molar-refractivity contribution in [2.45, 2.75) is 37.5 Å². The molecule has 0 saturated heterocycles. The van der Waals surface area contributed by atoms with E-state index in [4.69, 9.17) is 0 Å². The number of hydrogen-bond donors (Lipinski definition) is 1. The summed E-state index contributed by atoms with van der Waals surface area (Å²) in [7, 11) is 0. The first kappa shape index (κ1) is 8.96. The zero-order valence-electron chi connectivity index (χ0n) is 8.75. The van der Waals surface area contributed by atoms with E-state index in [0.717, 1.165) is 5.69 Å². The minimum Gasteiger partial charge on any atom is -0.326 e. The number of para-hydroxylation sites is 1. The van der Waals surface area contributed by atoms with Crippen LogP contribution in [0.3, 0.4) is 0 Å². The maximum absolute atomic E-state index is 11.7. The first-order chi connectivity index (χ1) is 7.30. The van der Waals surface area contributed by atoms with Crippen LogP contribution < -0.4 is 5.32 Å². The molecule has 2 nitrogen and oxygen atoms in total. The van der Waals surface area contributed by atoms with Crippen molar-refractivity contribution in [3.05, 3.63) is 29.8 Å². The molecule has 78 valence electrons. The highest BCUT2D eigenvalue weighted by atomic mass is 16.1. The molecule has 0 radical (unpaired) electrons. The Balaban J connectivity index is 2.14. The lowest BCUT2D eigenvalue weighted by atomic mass is 9.73. The minimum atomic E-state index is 0.166. The number of nitrogens with one attached hydrogen (secondary N) is 1. The van der Waals surface area contributed by atoms with Gasteiger partial charge < -0.3 is 5.32 Å². The lowest BCUT2D eigenvalue weighted by Gasteiger charge is -2.35. The van der Waals surface area contributed by atoms with E-state index in [2.05, 4.69) is 17.4 Å². The van der Waals surface area contributed by atoms with Crippen molar-refractivity contribution in [1.29, 1.82) is 0 Å². The maximum atomic E-state index is 11.7. The lowest BCUT2D eigenvalue weighted by Crippen LogP contribution is -2.34. The van der Waals surface area contributed by atoms with Crippen molar-refractivity contribution >= 4 is 11.6 Å². The van der Waals surface area contributed by atoms with Crippen LogP contribution in [0.1, 0.15) is 37.7 Å². The van der Waals surface area contributed by atoms with Crippen LogP contribution in [-0.2, 0) is 10.2 Å². The Morgan fingerprint density at radius 2 is 1.87 bits per heavy atom. The first-order valence-corrected chi connectivity index (χ1v) is 5.70. The molecule has 1 aliphatic carbocycles. The summed E-state index contributed by atoms with van der Waals surface area (Å²) < 4.78 is 0. The van der Waals surface area contributed by atoms with E-state index >= 15 is 0 Å². The summed E-state index contributed by atoms with van der Waals surface area (Å²) >= 11 is 0. The van der Waals surface area contributed by atoms with E-state index in [9.17, 15) is 4.79 Å². The Bertz CT molecular complexity index is 405. The highest BCUT2D eigenvalue weighted by molar-refractivity contribution is 5.95. The van der Waals surface area contributed by atoms with Gasteiger partial charge in [0.2, 0.25) is 5.91 Å². The molecule has 2 heteroatoms. The lowest BCUT2D eigenvalue weighted by molar-refractivity contribution is -0.117. The second-order valence-electron chi connectivity index (χ2n) is 4.76. The molecule has 0 atom stereocenters. The second-order valence-corrected chi connectivity index (χ2v) is 4.76. The van der Waals surface area contributed by atoms with Gasteiger partial charge in [0.1, 0.15) is 0 Å². The van der Waals surface area contributed by atoms with Gasteiger partial charge in [-0.15, -0.1) is 0 Å². The molecule has 1 amide bonds. The third-order valence-corrected chi connectivity index (χ3v) is 3.83. The molecule has 1 saturated carbocycles. The van der Waals surface area contributed by atoms with Gasteiger partial charge in [0.25, 0.3) is 0 Å². The number of hydrogen-bond acceptors (Lipinski definition) is 1. The molecule has 1 aromatic carbocycles. The average Bonchev–Trinajstić information content (AvgIpc) is 2.67. The van der Waals surface area contributed by atoms with Gasteiger partial charge in [0, 0.05) is 17.5 Å². The Morgan fingerprint density at radius 3 is 2.67 bits per heavy atom. The fourth-order valence-electron chi connectivity index (χ4n) is 3.15. The van der Waals surface area contributed by atoms with E-state index < -0.39 is 0 Å². The smallest absolute Gasteiger partial charge is 0.225 e. The third kappa shape index (κ3) is 1.28. The van der Waals surface area contributed by atoms with Gasteiger partial charge in [0.15, 0.2) is 0 Å². The molecule has 2 aliphatic rings. The van der Waals surface area contributed by atoms with E-state index in [1.54, 1.807) is 0 Å². The molecular formula is C13H15NO. The number of anilines is 1. The van der Waals surface area contributed by atoms with Gasteiger partial charge in [0.05, 0.1) is 0 Å². The Hall–Kier alpha value is -1.31. The van der Waals surface area contributed by atoms with Gasteiger partial charge >= 0.3 is 0 Å². The molecule has 1 spiro atoms. The fraction of sp³-hybridized carbons (Fsp3) is 0.462. The number of rotatable bonds is 0. The van der Waals surface area contributed by atoms with E-state index in [0.29, 0.717) is 6.42 Å². The van der Waals surface area contributed by atoms with E-state index in [1.165, 1.54) is 31.2 Å². The Kier molecular flexibility index (Phi) is 1.84. The highest BCUT2D eigenvalue weighted by Crippen LogP contribution is 2.48. The predicted molar refractivity (Wildman–Crippen MR) is 59.8 cm³/mol. The van der Waals surface area contributed by atoms with E-state index in [1.807, 2.05) is 12.1 Å². The molecule has 0 unspecified atom stereocenters. The Morgan fingerprint density at radius 1 is 1.13 bits per heavy atom. The second kappa shape index (κ2) is 3.09. The van der Waals surface area contributed by atoms with Crippen LogP contribution in [0.2, 0.25) is 0 Å². The van der Waals surface area contributed by atoms with Crippen LogP contribution in [-0.4, -0.2) is 5.91 Å². The van der Waals surface area contributed by atoms with E-state index in [-0.39, 0.29) is 11.3 Å². The topological polar surface area (TPSA) is 29.1 Å². The van der Waals surface area contributed by atoms with Crippen molar-refractivity contribution in [2.75, 3.05) is 5.32 Å².